The predicted octanol–water partition coefficient (Wildman–Crippen LogP) is 1.84. The maximum Gasteiger partial charge on any atom is 0.451 e. The average Bonchev–Trinajstić information content (AvgIpc) is 3.30. The van der Waals surface area contributed by atoms with Crippen LogP contribution >= 0.6 is 0 Å². The number of hydrogen-bond donors (Lipinski definition) is 1. The standard InChI is InChI=1S/C21H16F3N9O3/c1-11(32-10-28-16-15(32)18(35)33(9-25-2)20(36)31(16)3)17(34)30-14-6-4-5-13(29-14)12-7-26-19(27-8-12)21(22,23)24/h4-8,10-11H,9H2,1,3H3,(H,29,30,34). The van der Waals surface area contributed by atoms with E-state index in [2.05, 4.69) is 30.1 Å². The van der Waals surface area contributed by atoms with E-state index in [0.717, 1.165) is 21.5 Å². The lowest BCUT2D eigenvalue weighted by Gasteiger charge is -2.15. The number of carbonyl (C=O) groups is 1. The van der Waals surface area contributed by atoms with Gasteiger partial charge in [-0.2, -0.15) is 17.7 Å². The number of nitrogens with zero attached hydrogens (tertiary/aromatic N) is 8. The Balaban J connectivity index is 1.62. The van der Waals surface area contributed by atoms with Crippen molar-refractivity contribution in [1.29, 1.82) is 0 Å². The minimum Gasteiger partial charge on any atom is -0.312 e. The molecule has 184 valence electrons. The highest BCUT2D eigenvalue weighted by atomic mass is 19.4. The Kier molecular flexibility index (Phi) is 6.10. The van der Waals surface area contributed by atoms with E-state index in [1.165, 1.54) is 43.1 Å². The van der Waals surface area contributed by atoms with Crippen LogP contribution in [0.4, 0.5) is 19.0 Å². The molecule has 0 aliphatic heterocycles. The van der Waals surface area contributed by atoms with Crippen molar-refractivity contribution in [3.63, 3.8) is 0 Å². The van der Waals surface area contributed by atoms with E-state index in [0.29, 0.717) is 0 Å². The maximum atomic E-state index is 13.0. The molecule has 1 unspecified atom stereocenters. The molecule has 0 bridgehead atoms. The number of imidazole rings is 1. The monoisotopic (exact) mass is 499 g/mol. The number of rotatable bonds is 5. The summed E-state index contributed by atoms with van der Waals surface area (Å²) >= 11 is 0. The van der Waals surface area contributed by atoms with Gasteiger partial charge >= 0.3 is 11.9 Å². The normalized spacial score (nSPS) is 12.3. The van der Waals surface area contributed by atoms with Gasteiger partial charge in [-0.3, -0.25) is 19.0 Å². The van der Waals surface area contributed by atoms with Gasteiger partial charge in [0.25, 0.3) is 12.2 Å². The van der Waals surface area contributed by atoms with E-state index in [4.69, 9.17) is 6.57 Å². The van der Waals surface area contributed by atoms with E-state index >= 15 is 0 Å². The Hall–Kier alpha value is -4.87. The third kappa shape index (κ3) is 4.31. The highest BCUT2D eigenvalue weighted by Gasteiger charge is 2.34. The van der Waals surface area contributed by atoms with Gasteiger partial charge in [-0.1, -0.05) is 6.07 Å². The highest BCUT2D eigenvalue weighted by molar-refractivity contribution is 5.93. The topological polar surface area (TPSA) is 134 Å². The first kappa shape index (κ1) is 24.3. The van der Waals surface area contributed by atoms with Crippen molar-refractivity contribution in [2.45, 2.75) is 25.8 Å². The van der Waals surface area contributed by atoms with Gasteiger partial charge in [0.1, 0.15) is 11.9 Å². The molecule has 15 heteroatoms. The zero-order valence-corrected chi connectivity index (χ0v) is 18.7. The summed E-state index contributed by atoms with van der Waals surface area (Å²) in [7, 11) is 1.40. The molecule has 0 aliphatic rings. The summed E-state index contributed by atoms with van der Waals surface area (Å²) in [6, 6.07) is 3.53. The first-order chi connectivity index (χ1) is 17.0. The molecule has 4 aromatic heterocycles. The van der Waals surface area contributed by atoms with Crippen molar-refractivity contribution in [2.75, 3.05) is 5.32 Å². The molecule has 0 saturated carbocycles. The Labute approximate surface area is 199 Å². The molecule has 4 heterocycles. The van der Waals surface area contributed by atoms with Crippen molar-refractivity contribution < 1.29 is 18.0 Å². The van der Waals surface area contributed by atoms with Crippen molar-refractivity contribution >= 4 is 22.9 Å². The van der Waals surface area contributed by atoms with Crippen molar-refractivity contribution in [1.82, 2.24) is 33.6 Å². The minimum atomic E-state index is -4.68. The van der Waals surface area contributed by atoms with Crippen LogP contribution in [0.15, 0.2) is 46.5 Å². The molecule has 1 amide bonds. The smallest absolute Gasteiger partial charge is 0.312 e. The summed E-state index contributed by atoms with van der Waals surface area (Å²) in [6.07, 6.45) is -1.49. The van der Waals surface area contributed by atoms with Gasteiger partial charge in [-0.05, 0) is 19.1 Å². The lowest BCUT2D eigenvalue weighted by Crippen LogP contribution is -2.39. The van der Waals surface area contributed by atoms with Crippen molar-refractivity contribution in [3.8, 4) is 11.3 Å². The fourth-order valence-electron chi connectivity index (χ4n) is 3.41. The van der Waals surface area contributed by atoms with Crippen LogP contribution in [-0.2, 0) is 24.7 Å². The first-order valence-electron chi connectivity index (χ1n) is 10.2. The molecule has 1 atom stereocenters. The number of alkyl halides is 3. The van der Waals surface area contributed by atoms with Gasteiger partial charge in [0.2, 0.25) is 11.7 Å². The second-order valence-electron chi connectivity index (χ2n) is 7.56. The van der Waals surface area contributed by atoms with Gasteiger partial charge in [0.15, 0.2) is 11.2 Å². The molecule has 4 aromatic rings. The molecule has 0 fully saturated rings. The average molecular weight is 499 g/mol. The summed E-state index contributed by atoms with van der Waals surface area (Å²) in [5.41, 5.74) is -1.03. The van der Waals surface area contributed by atoms with Crippen LogP contribution in [0, 0.1) is 6.57 Å². The van der Waals surface area contributed by atoms with Crippen LogP contribution in [-0.4, -0.2) is 39.5 Å². The zero-order chi connectivity index (χ0) is 26.2. The number of anilines is 1. The molecule has 0 radical (unpaired) electrons. The highest BCUT2D eigenvalue weighted by Crippen LogP contribution is 2.27. The van der Waals surface area contributed by atoms with Gasteiger partial charge in [-0.25, -0.2) is 31.3 Å². The number of pyridine rings is 1. The molecule has 12 nitrogen and oxygen atoms in total. The molecule has 0 aliphatic carbocycles. The molecule has 1 N–H and O–H groups in total. The summed E-state index contributed by atoms with van der Waals surface area (Å²) in [6.45, 7) is 7.99. The van der Waals surface area contributed by atoms with E-state index in [1.54, 1.807) is 0 Å². The number of fused-ring (bicyclic) bond motifs is 1. The van der Waals surface area contributed by atoms with E-state index in [9.17, 15) is 27.6 Å². The van der Waals surface area contributed by atoms with Gasteiger partial charge in [0.05, 0.1) is 12.0 Å². The Morgan fingerprint density at radius 2 is 1.89 bits per heavy atom. The molecular weight excluding hydrogens is 483 g/mol. The third-order valence-electron chi connectivity index (χ3n) is 5.27. The van der Waals surface area contributed by atoms with Crippen LogP contribution in [0.25, 0.3) is 27.3 Å². The number of aromatic nitrogens is 7. The Morgan fingerprint density at radius 1 is 1.19 bits per heavy atom. The minimum absolute atomic E-state index is 0.0352. The van der Waals surface area contributed by atoms with Gasteiger partial charge in [-0.15, -0.1) is 0 Å². The number of amides is 1. The molecule has 4 rings (SSSR count). The number of halogens is 3. The molecular formula is C21H16F3N9O3. The quantitative estimate of drug-likeness (QED) is 0.414. The summed E-state index contributed by atoms with van der Waals surface area (Å²) < 4.78 is 41.2. The van der Waals surface area contributed by atoms with Crippen LogP contribution < -0.4 is 16.6 Å². The largest absolute Gasteiger partial charge is 0.451 e. The lowest BCUT2D eigenvalue weighted by molar-refractivity contribution is -0.145. The SMILES string of the molecule is [C-]#[N+]Cn1c(=O)c2c(ncn2C(C)C(=O)Nc2cccc(-c3cnc(C(F)(F)F)nc3)n2)n(C)c1=O. The fourth-order valence-corrected chi connectivity index (χ4v) is 3.41. The lowest BCUT2D eigenvalue weighted by atomic mass is 10.2. The predicted molar refractivity (Wildman–Crippen MR) is 119 cm³/mol. The van der Waals surface area contributed by atoms with Crippen molar-refractivity contribution in [2.24, 2.45) is 7.05 Å². The Bertz CT molecular complexity index is 1630. The zero-order valence-electron chi connectivity index (χ0n) is 18.7. The third-order valence-corrected chi connectivity index (χ3v) is 5.27. The van der Waals surface area contributed by atoms with Crippen LogP contribution in [0.1, 0.15) is 18.8 Å². The fraction of sp³-hybridized carbons (Fsp3) is 0.238. The number of nitrogens with one attached hydrogen (secondary N) is 1. The summed E-state index contributed by atoms with van der Waals surface area (Å²) in [4.78, 5) is 56.2. The van der Waals surface area contributed by atoms with Crippen molar-refractivity contribution in [3.05, 3.63) is 75.0 Å². The van der Waals surface area contributed by atoms with Crippen LogP contribution in [0.2, 0.25) is 0 Å². The molecule has 0 aromatic carbocycles. The van der Waals surface area contributed by atoms with E-state index in [1.807, 2.05) is 0 Å². The van der Waals surface area contributed by atoms with Crippen LogP contribution in [0.5, 0.6) is 0 Å². The molecule has 0 saturated heterocycles. The number of hydrogen-bond acceptors (Lipinski definition) is 7. The first-order valence-corrected chi connectivity index (χ1v) is 10.2. The number of aryl methyl sites for hydroxylation is 1. The van der Waals surface area contributed by atoms with E-state index in [-0.39, 0.29) is 28.2 Å². The maximum absolute atomic E-state index is 13.0. The summed E-state index contributed by atoms with van der Waals surface area (Å²) in [5, 5.41) is 2.58. The molecule has 36 heavy (non-hydrogen) atoms. The second kappa shape index (κ2) is 9.06. The molecule has 0 spiro atoms. The summed E-state index contributed by atoms with van der Waals surface area (Å²) in [5.74, 6) is -1.79. The van der Waals surface area contributed by atoms with Gasteiger partial charge in [0, 0.05) is 25.0 Å². The van der Waals surface area contributed by atoms with E-state index < -0.39 is 41.9 Å². The Morgan fingerprint density at radius 3 is 2.53 bits per heavy atom. The second-order valence-corrected chi connectivity index (χ2v) is 7.56. The van der Waals surface area contributed by atoms with Gasteiger partial charge < -0.3 is 9.88 Å². The number of carbonyl (C=O) groups excluding carboxylic acids is 1. The van der Waals surface area contributed by atoms with Crippen LogP contribution in [0.3, 0.4) is 0 Å².